The molecule has 0 aliphatic heterocycles. The third-order valence-corrected chi connectivity index (χ3v) is 4.16. The maximum Gasteiger partial charge on any atom is 0.373 e. The molecule has 0 aliphatic rings. The smallest absolute Gasteiger partial charge is 0.373 e. The molecule has 0 aliphatic carbocycles. The van der Waals surface area contributed by atoms with Crippen molar-refractivity contribution < 1.29 is 19.0 Å². The first-order chi connectivity index (χ1) is 13.7. The minimum Gasteiger partial charge on any atom is -0.489 e. The van der Waals surface area contributed by atoms with E-state index in [4.69, 9.17) is 14.2 Å². The molecule has 0 atom stereocenters. The summed E-state index contributed by atoms with van der Waals surface area (Å²) in [4.78, 5) is 12.2. The van der Waals surface area contributed by atoms with Gasteiger partial charge in [0.05, 0.1) is 13.2 Å². The molecule has 4 heteroatoms. The minimum atomic E-state index is -0.428. The normalized spacial score (nSPS) is 11.1. The van der Waals surface area contributed by atoms with Crippen molar-refractivity contribution in [3.05, 3.63) is 71.5 Å². The third kappa shape index (κ3) is 7.87. The van der Waals surface area contributed by atoms with E-state index < -0.39 is 5.97 Å². The predicted molar refractivity (Wildman–Crippen MR) is 112 cm³/mol. The van der Waals surface area contributed by atoms with Gasteiger partial charge in [0.15, 0.2) is 0 Å². The summed E-state index contributed by atoms with van der Waals surface area (Å²) in [6, 6.07) is 17.6. The molecule has 0 spiro atoms. The molecule has 2 aromatic rings. The highest BCUT2D eigenvalue weighted by Crippen LogP contribution is 2.17. The van der Waals surface area contributed by atoms with Crippen molar-refractivity contribution in [3.8, 4) is 5.75 Å². The van der Waals surface area contributed by atoms with E-state index in [1.807, 2.05) is 54.6 Å². The van der Waals surface area contributed by atoms with Crippen LogP contribution in [-0.2, 0) is 20.9 Å². The monoisotopic (exact) mass is 382 g/mol. The molecule has 0 heterocycles. The summed E-state index contributed by atoms with van der Waals surface area (Å²) >= 11 is 0. The van der Waals surface area contributed by atoms with Crippen LogP contribution in [0, 0.1) is 0 Å². The lowest BCUT2D eigenvalue weighted by Crippen LogP contribution is -2.11. The van der Waals surface area contributed by atoms with Crippen molar-refractivity contribution in [2.24, 2.45) is 0 Å². The van der Waals surface area contributed by atoms with Crippen molar-refractivity contribution in [2.45, 2.75) is 46.1 Å². The Morgan fingerprint density at radius 1 is 0.893 bits per heavy atom. The van der Waals surface area contributed by atoms with E-state index >= 15 is 0 Å². The summed E-state index contributed by atoms with van der Waals surface area (Å²) in [5, 5.41) is 0. The molecule has 0 amide bonds. The van der Waals surface area contributed by atoms with Gasteiger partial charge in [0.2, 0.25) is 5.76 Å². The van der Waals surface area contributed by atoms with Crippen LogP contribution in [0.4, 0.5) is 0 Å². The molecule has 0 radical (unpaired) electrons. The maximum absolute atomic E-state index is 12.2. The number of esters is 1. The lowest BCUT2D eigenvalue weighted by atomic mass is 10.2. The van der Waals surface area contributed by atoms with E-state index in [9.17, 15) is 4.79 Å². The standard InChI is InChI=1S/C24H30O4/c1-3-5-6-10-17-27-23(24(25)26-4-2)18-20-13-15-22(16-14-20)28-19-21-11-8-7-9-12-21/h7-9,11-16,18H,3-6,10,17,19H2,1-2H3. The van der Waals surface area contributed by atoms with Crippen molar-refractivity contribution in [1.82, 2.24) is 0 Å². The fourth-order valence-corrected chi connectivity index (χ4v) is 2.63. The Kier molecular flexibility index (Phi) is 9.70. The van der Waals surface area contributed by atoms with E-state index in [2.05, 4.69) is 6.92 Å². The van der Waals surface area contributed by atoms with Gasteiger partial charge in [-0.1, -0.05) is 68.7 Å². The number of hydrogen-bond donors (Lipinski definition) is 0. The summed E-state index contributed by atoms with van der Waals surface area (Å²) in [5.74, 6) is 0.595. The average molecular weight is 383 g/mol. The Bertz CT molecular complexity index is 720. The van der Waals surface area contributed by atoms with Crippen LogP contribution in [0.5, 0.6) is 5.75 Å². The first kappa shape index (κ1) is 21.5. The molecule has 2 aromatic carbocycles. The number of carbonyl (C=O) groups excluding carboxylic acids is 1. The lowest BCUT2D eigenvalue weighted by Gasteiger charge is -2.10. The Balaban J connectivity index is 1.96. The van der Waals surface area contributed by atoms with E-state index in [0.717, 1.165) is 29.7 Å². The number of unbranched alkanes of at least 4 members (excludes halogenated alkanes) is 3. The second-order valence-electron chi connectivity index (χ2n) is 6.48. The third-order valence-electron chi connectivity index (χ3n) is 4.16. The van der Waals surface area contributed by atoms with Gasteiger partial charge in [0.25, 0.3) is 0 Å². The number of ether oxygens (including phenoxy) is 3. The van der Waals surface area contributed by atoms with E-state index in [1.54, 1.807) is 13.0 Å². The molecule has 4 nitrogen and oxygen atoms in total. The Hall–Kier alpha value is -2.75. The molecule has 0 aromatic heterocycles. The fourth-order valence-electron chi connectivity index (χ4n) is 2.63. The second-order valence-corrected chi connectivity index (χ2v) is 6.48. The van der Waals surface area contributed by atoms with Crippen molar-refractivity contribution in [1.29, 1.82) is 0 Å². The van der Waals surface area contributed by atoms with Crippen LogP contribution in [0.1, 0.15) is 50.7 Å². The van der Waals surface area contributed by atoms with Gasteiger partial charge in [-0.3, -0.25) is 0 Å². The fraction of sp³-hybridized carbons (Fsp3) is 0.375. The van der Waals surface area contributed by atoms with E-state index in [0.29, 0.717) is 19.8 Å². The topological polar surface area (TPSA) is 44.8 Å². The number of hydrogen-bond acceptors (Lipinski definition) is 4. The second kappa shape index (κ2) is 12.6. The highest BCUT2D eigenvalue weighted by molar-refractivity contribution is 5.91. The van der Waals surface area contributed by atoms with Gasteiger partial charge in [-0.25, -0.2) is 4.79 Å². The highest BCUT2D eigenvalue weighted by Gasteiger charge is 2.12. The van der Waals surface area contributed by atoms with Gasteiger partial charge in [-0.05, 0) is 42.7 Å². The van der Waals surface area contributed by atoms with Gasteiger partial charge in [0, 0.05) is 0 Å². The molecular weight excluding hydrogens is 352 g/mol. The van der Waals surface area contributed by atoms with Crippen molar-refractivity contribution >= 4 is 12.0 Å². The van der Waals surface area contributed by atoms with Gasteiger partial charge in [0.1, 0.15) is 12.4 Å². The molecule has 0 N–H and O–H groups in total. The van der Waals surface area contributed by atoms with Crippen molar-refractivity contribution in [2.75, 3.05) is 13.2 Å². The molecule has 0 unspecified atom stereocenters. The zero-order valence-electron chi connectivity index (χ0n) is 16.9. The summed E-state index contributed by atoms with van der Waals surface area (Å²) in [6.07, 6.45) is 6.08. The van der Waals surface area contributed by atoms with Crippen LogP contribution in [0.3, 0.4) is 0 Å². The van der Waals surface area contributed by atoms with Gasteiger partial charge >= 0.3 is 5.97 Å². The number of rotatable bonds is 12. The Labute approximate surface area is 168 Å². The first-order valence-corrected chi connectivity index (χ1v) is 10.0. The predicted octanol–water partition coefficient (Wildman–Crippen LogP) is 5.77. The maximum atomic E-state index is 12.2. The summed E-state index contributed by atoms with van der Waals surface area (Å²) in [5.41, 5.74) is 1.98. The van der Waals surface area contributed by atoms with Crippen LogP contribution in [0.2, 0.25) is 0 Å². The Morgan fingerprint density at radius 3 is 2.32 bits per heavy atom. The van der Waals surface area contributed by atoms with Crippen LogP contribution in [-0.4, -0.2) is 19.2 Å². The average Bonchev–Trinajstić information content (AvgIpc) is 2.73. The molecule has 150 valence electrons. The molecule has 0 bridgehead atoms. The zero-order valence-corrected chi connectivity index (χ0v) is 16.9. The van der Waals surface area contributed by atoms with Gasteiger partial charge in [-0.2, -0.15) is 0 Å². The van der Waals surface area contributed by atoms with Crippen LogP contribution < -0.4 is 4.74 Å². The van der Waals surface area contributed by atoms with Gasteiger partial charge in [-0.15, -0.1) is 0 Å². The first-order valence-electron chi connectivity index (χ1n) is 10.0. The Morgan fingerprint density at radius 2 is 1.64 bits per heavy atom. The van der Waals surface area contributed by atoms with Crippen LogP contribution in [0.15, 0.2) is 60.4 Å². The molecule has 0 saturated heterocycles. The molecule has 28 heavy (non-hydrogen) atoms. The quantitative estimate of drug-likeness (QED) is 0.202. The molecule has 0 saturated carbocycles. The highest BCUT2D eigenvalue weighted by atomic mass is 16.6. The minimum absolute atomic E-state index is 0.247. The SMILES string of the molecule is CCCCCCOC(=Cc1ccc(OCc2ccccc2)cc1)C(=O)OCC. The zero-order chi connectivity index (χ0) is 20.0. The molecule has 0 fully saturated rings. The molecular formula is C24H30O4. The van der Waals surface area contributed by atoms with Gasteiger partial charge < -0.3 is 14.2 Å². The lowest BCUT2D eigenvalue weighted by molar-refractivity contribution is -0.142. The van der Waals surface area contributed by atoms with Crippen LogP contribution >= 0.6 is 0 Å². The summed E-state index contributed by atoms with van der Waals surface area (Å²) < 4.78 is 16.6. The van der Waals surface area contributed by atoms with Crippen molar-refractivity contribution in [3.63, 3.8) is 0 Å². The van der Waals surface area contributed by atoms with Crippen LogP contribution in [0.25, 0.3) is 6.08 Å². The largest absolute Gasteiger partial charge is 0.489 e. The summed E-state index contributed by atoms with van der Waals surface area (Å²) in [7, 11) is 0. The molecule has 2 rings (SSSR count). The summed E-state index contributed by atoms with van der Waals surface area (Å²) in [6.45, 7) is 5.31. The van der Waals surface area contributed by atoms with E-state index in [-0.39, 0.29) is 5.76 Å². The number of carbonyl (C=O) groups is 1. The van der Waals surface area contributed by atoms with E-state index in [1.165, 1.54) is 12.8 Å². The number of benzene rings is 2.